The first-order valence-electron chi connectivity index (χ1n) is 10.9. The second-order valence-corrected chi connectivity index (χ2v) is 9.95. The molecule has 0 atom stereocenters. The normalized spacial score (nSPS) is 15.3. The van der Waals surface area contributed by atoms with Crippen LogP contribution in [0, 0.1) is 6.92 Å². The van der Waals surface area contributed by atoms with Gasteiger partial charge >= 0.3 is 0 Å². The molecular weight excluding hydrogens is 396 g/mol. The van der Waals surface area contributed by atoms with E-state index in [1.54, 1.807) is 17.0 Å². The van der Waals surface area contributed by atoms with Crippen molar-refractivity contribution in [1.29, 1.82) is 0 Å². The summed E-state index contributed by atoms with van der Waals surface area (Å²) in [6.45, 7) is 5.62. The Balaban J connectivity index is 1.57. The van der Waals surface area contributed by atoms with Gasteiger partial charge < -0.3 is 4.90 Å². The van der Waals surface area contributed by atoms with Crippen LogP contribution in [0.1, 0.15) is 54.1 Å². The number of hydrogen-bond acceptors (Lipinski definition) is 3. The first kappa shape index (κ1) is 22.5. The van der Waals surface area contributed by atoms with Gasteiger partial charge in [0, 0.05) is 31.7 Å². The van der Waals surface area contributed by atoms with Crippen LogP contribution in [0.4, 0.5) is 0 Å². The van der Waals surface area contributed by atoms with Gasteiger partial charge in [0.2, 0.25) is 10.0 Å². The smallest absolute Gasteiger partial charge is 0.253 e. The molecular formula is C24H32N2O3S. The summed E-state index contributed by atoms with van der Waals surface area (Å²) < 4.78 is 27.5. The third-order valence-electron chi connectivity index (χ3n) is 5.70. The fraction of sp³-hybridized carbons (Fsp3) is 0.458. The molecule has 0 bridgehead atoms. The number of sulfonamides is 1. The predicted octanol–water partition coefficient (Wildman–Crippen LogP) is 4.26. The van der Waals surface area contributed by atoms with E-state index < -0.39 is 10.0 Å². The van der Waals surface area contributed by atoms with Crippen LogP contribution in [-0.2, 0) is 16.4 Å². The molecule has 0 N–H and O–H groups in total. The van der Waals surface area contributed by atoms with E-state index in [2.05, 4.69) is 6.92 Å². The van der Waals surface area contributed by atoms with Gasteiger partial charge in [0.05, 0.1) is 4.90 Å². The molecule has 0 unspecified atom stereocenters. The van der Waals surface area contributed by atoms with Crippen molar-refractivity contribution in [2.24, 2.45) is 0 Å². The van der Waals surface area contributed by atoms with Crippen LogP contribution in [-0.4, -0.2) is 49.7 Å². The van der Waals surface area contributed by atoms with E-state index in [0.29, 0.717) is 36.6 Å². The fourth-order valence-corrected chi connectivity index (χ4v) is 5.17. The van der Waals surface area contributed by atoms with Crippen molar-refractivity contribution in [3.63, 3.8) is 0 Å². The molecule has 3 rings (SSSR count). The highest BCUT2D eigenvalue weighted by atomic mass is 32.2. The van der Waals surface area contributed by atoms with Crippen LogP contribution in [0.2, 0.25) is 0 Å². The largest absolute Gasteiger partial charge is 0.336 e. The quantitative estimate of drug-likeness (QED) is 0.590. The highest BCUT2D eigenvalue weighted by Crippen LogP contribution is 2.20. The number of amides is 1. The van der Waals surface area contributed by atoms with E-state index in [4.69, 9.17) is 0 Å². The Morgan fingerprint density at radius 2 is 1.50 bits per heavy atom. The molecule has 0 aromatic heterocycles. The van der Waals surface area contributed by atoms with Crippen LogP contribution in [0.15, 0.2) is 53.4 Å². The monoisotopic (exact) mass is 428 g/mol. The van der Waals surface area contributed by atoms with Crippen molar-refractivity contribution in [1.82, 2.24) is 9.21 Å². The van der Waals surface area contributed by atoms with E-state index in [-0.39, 0.29) is 5.91 Å². The molecule has 0 radical (unpaired) electrons. The summed E-state index contributed by atoms with van der Waals surface area (Å²) in [5.74, 6) is -0.0422. The van der Waals surface area contributed by atoms with Gasteiger partial charge in [-0.05, 0) is 49.6 Å². The van der Waals surface area contributed by atoms with Crippen LogP contribution < -0.4 is 0 Å². The van der Waals surface area contributed by atoms with Crippen molar-refractivity contribution in [2.75, 3.05) is 26.2 Å². The molecule has 0 saturated carbocycles. The number of carbonyl (C=O) groups is 1. The molecule has 5 nitrogen and oxygen atoms in total. The molecule has 2 aromatic rings. The van der Waals surface area contributed by atoms with Crippen LogP contribution in [0.25, 0.3) is 0 Å². The first-order chi connectivity index (χ1) is 14.4. The number of piperazine rings is 1. The number of rotatable bonds is 8. The first-order valence-corrected chi connectivity index (χ1v) is 12.3. The predicted molar refractivity (Wildman–Crippen MR) is 120 cm³/mol. The summed E-state index contributed by atoms with van der Waals surface area (Å²) >= 11 is 0. The Kier molecular flexibility index (Phi) is 7.67. The highest BCUT2D eigenvalue weighted by molar-refractivity contribution is 7.89. The van der Waals surface area contributed by atoms with E-state index in [1.165, 1.54) is 29.1 Å². The zero-order valence-electron chi connectivity index (χ0n) is 18.0. The van der Waals surface area contributed by atoms with Gasteiger partial charge in [-0.25, -0.2) is 8.42 Å². The Bertz CT molecular complexity index is 929. The van der Waals surface area contributed by atoms with Gasteiger partial charge in [-0.2, -0.15) is 4.31 Å². The van der Waals surface area contributed by atoms with E-state index >= 15 is 0 Å². The fourth-order valence-electron chi connectivity index (χ4n) is 3.74. The lowest BCUT2D eigenvalue weighted by Crippen LogP contribution is -2.50. The summed E-state index contributed by atoms with van der Waals surface area (Å²) in [5, 5.41) is 0. The Hall–Kier alpha value is -2.18. The molecule has 0 spiro atoms. The molecule has 1 saturated heterocycles. The number of nitrogens with zero attached hydrogens (tertiary/aromatic N) is 2. The molecule has 30 heavy (non-hydrogen) atoms. The number of carbonyl (C=O) groups excluding carboxylic acids is 1. The van der Waals surface area contributed by atoms with Crippen LogP contribution >= 0.6 is 0 Å². The molecule has 1 aliphatic rings. The molecule has 6 heteroatoms. The standard InChI is InChI=1S/C24H32N2O3S/c1-3-4-5-6-7-21-10-14-23(15-11-21)30(28,29)26-18-16-25(17-19-26)24(27)22-12-8-20(2)9-13-22/h8-15H,3-7,16-19H2,1-2H3. The second kappa shape index (κ2) is 10.2. The number of benzene rings is 2. The molecule has 0 aliphatic carbocycles. The van der Waals surface area contributed by atoms with E-state index in [9.17, 15) is 13.2 Å². The van der Waals surface area contributed by atoms with E-state index in [1.807, 2.05) is 43.3 Å². The SMILES string of the molecule is CCCCCCc1ccc(S(=O)(=O)N2CCN(C(=O)c3ccc(C)cc3)CC2)cc1. The van der Waals surface area contributed by atoms with Crippen LogP contribution in [0.3, 0.4) is 0 Å². The minimum atomic E-state index is -3.53. The number of unbranched alkanes of at least 4 members (excludes halogenated alkanes) is 3. The minimum Gasteiger partial charge on any atom is -0.336 e. The maximum atomic E-state index is 13.0. The average Bonchev–Trinajstić information content (AvgIpc) is 2.77. The van der Waals surface area contributed by atoms with Gasteiger partial charge in [0.15, 0.2) is 0 Å². The second-order valence-electron chi connectivity index (χ2n) is 8.02. The van der Waals surface area contributed by atoms with Crippen molar-refractivity contribution >= 4 is 15.9 Å². The van der Waals surface area contributed by atoms with Crippen molar-refractivity contribution in [3.05, 3.63) is 65.2 Å². The maximum Gasteiger partial charge on any atom is 0.253 e. The minimum absolute atomic E-state index is 0.0422. The summed E-state index contributed by atoms with van der Waals surface area (Å²) in [7, 11) is -3.53. The maximum absolute atomic E-state index is 13.0. The van der Waals surface area contributed by atoms with Gasteiger partial charge in [-0.15, -0.1) is 0 Å². The lowest BCUT2D eigenvalue weighted by atomic mass is 10.1. The molecule has 1 fully saturated rings. The molecule has 1 amide bonds. The summed E-state index contributed by atoms with van der Waals surface area (Å²) in [6, 6.07) is 14.8. The molecule has 2 aromatic carbocycles. The van der Waals surface area contributed by atoms with Crippen molar-refractivity contribution < 1.29 is 13.2 Å². The topological polar surface area (TPSA) is 57.7 Å². The van der Waals surface area contributed by atoms with Crippen molar-refractivity contribution in [2.45, 2.75) is 50.8 Å². The molecule has 1 heterocycles. The third-order valence-corrected chi connectivity index (χ3v) is 7.62. The van der Waals surface area contributed by atoms with Crippen LogP contribution in [0.5, 0.6) is 0 Å². The van der Waals surface area contributed by atoms with Gasteiger partial charge in [-0.3, -0.25) is 4.79 Å². The Morgan fingerprint density at radius 3 is 2.10 bits per heavy atom. The van der Waals surface area contributed by atoms with Gasteiger partial charge in [-0.1, -0.05) is 56.0 Å². The Morgan fingerprint density at radius 1 is 0.867 bits per heavy atom. The Labute approximate surface area is 180 Å². The molecule has 1 aliphatic heterocycles. The number of aryl methyl sites for hydroxylation is 2. The lowest BCUT2D eigenvalue weighted by Gasteiger charge is -2.34. The zero-order valence-corrected chi connectivity index (χ0v) is 18.8. The van der Waals surface area contributed by atoms with Crippen molar-refractivity contribution in [3.8, 4) is 0 Å². The zero-order chi connectivity index (χ0) is 21.6. The summed E-state index contributed by atoms with van der Waals surface area (Å²) in [5.41, 5.74) is 2.93. The average molecular weight is 429 g/mol. The molecule has 162 valence electrons. The summed E-state index contributed by atoms with van der Waals surface area (Å²) in [4.78, 5) is 14.7. The third kappa shape index (κ3) is 5.49. The summed E-state index contributed by atoms with van der Waals surface area (Å²) in [6.07, 6.45) is 5.78. The van der Waals surface area contributed by atoms with E-state index in [0.717, 1.165) is 18.4 Å². The van der Waals surface area contributed by atoms with Gasteiger partial charge in [0.25, 0.3) is 5.91 Å². The number of hydrogen-bond donors (Lipinski definition) is 0. The lowest BCUT2D eigenvalue weighted by molar-refractivity contribution is 0.0698. The highest BCUT2D eigenvalue weighted by Gasteiger charge is 2.30. The van der Waals surface area contributed by atoms with Gasteiger partial charge in [0.1, 0.15) is 0 Å².